The van der Waals surface area contributed by atoms with Gasteiger partial charge in [-0.3, -0.25) is 4.79 Å². The fourth-order valence-electron chi connectivity index (χ4n) is 1.52. The van der Waals surface area contributed by atoms with Crippen LogP contribution in [0.25, 0.3) is 0 Å². The van der Waals surface area contributed by atoms with Crippen LogP contribution in [0, 0.1) is 11.3 Å². The Bertz CT molecular complexity index is 589. The van der Waals surface area contributed by atoms with E-state index in [4.69, 9.17) is 5.26 Å². The van der Waals surface area contributed by atoms with E-state index in [0.29, 0.717) is 7.11 Å². The highest BCUT2D eigenvalue weighted by Crippen LogP contribution is 2.35. The molecular formula is C13H10F3NO4. The fraction of sp³-hybridized carbons (Fsp3) is 0.308. The first kappa shape index (κ1) is 16.7. The van der Waals surface area contributed by atoms with Crippen molar-refractivity contribution in [1.82, 2.24) is 0 Å². The summed E-state index contributed by atoms with van der Waals surface area (Å²) in [4.78, 5) is 22.9. The van der Waals surface area contributed by atoms with Gasteiger partial charge in [0.05, 0.1) is 25.2 Å². The molecule has 0 bridgehead atoms. The molecule has 0 saturated heterocycles. The molecule has 0 aliphatic heterocycles. The molecule has 1 N–H and O–H groups in total. The number of carbonyl (C=O) groups is 2. The number of carbonyl (C=O) groups excluding carboxylic acids is 2. The molecule has 0 amide bonds. The van der Waals surface area contributed by atoms with E-state index >= 15 is 0 Å². The molecule has 1 aromatic rings. The molecule has 1 atom stereocenters. The number of benzene rings is 1. The lowest BCUT2D eigenvalue weighted by Crippen LogP contribution is -2.54. The molecule has 8 heteroatoms. The Morgan fingerprint density at radius 2 is 1.81 bits per heavy atom. The van der Waals surface area contributed by atoms with Crippen LogP contribution in [0.2, 0.25) is 0 Å². The molecule has 0 aromatic heterocycles. The number of ketones is 1. The van der Waals surface area contributed by atoms with Gasteiger partial charge in [0.25, 0.3) is 5.60 Å². The fourth-order valence-corrected chi connectivity index (χ4v) is 1.52. The molecule has 0 saturated carbocycles. The highest BCUT2D eigenvalue weighted by molar-refractivity contribution is 6.00. The number of methoxy groups -OCH3 is 1. The molecule has 0 spiro atoms. The highest BCUT2D eigenvalue weighted by atomic mass is 19.4. The predicted octanol–water partition coefficient (Wildman–Crippen LogP) is 1.60. The Balaban J connectivity index is 3.06. The lowest BCUT2D eigenvalue weighted by Gasteiger charge is -2.26. The van der Waals surface area contributed by atoms with Crippen LogP contribution in [-0.4, -0.2) is 35.7 Å². The van der Waals surface area contributed by atoms with Crippen molar-refractivity contribution in [3.05, 3.63) is 35.4 Å². The summed E-state index contributed by atoms with van der Waals surface area (Å²) in [6, 6.07) is 6.51. The Labute approximate surface area is 117 Å². The van der Waals surface area contributed by atoms with Gasteiger partial charge in [-0.1, -0.05) is 12.1 Å². The van der Waals surface area contributed by atoms with Crippen molar-refractivity contribution < 1.29 is 32.6 Å². The van der Waals surface area contributed by atoms with E-state index in [2.05, 4.69) is 4.74 Å². The molecular weight excluding hydrogens is 291 g/mol. The monoisotopic (exact) mass is 301 g/mol. The minimum Gasteiger partial charge on any atom is -0.467 e. The number of alkyl halides is 3. The van der Waals surface area contributed by atoms with Crippen LogP contribution in [0.15, 0.2) is 24.3 Å². The van der Waals surface area contributed by atoms with Gasteiger partial charge in [-0.25, -0.2) is 4.79 Å². The van der Waals surface area contributed by atoms with Crippen LogP contribution in [-0.2, 0) is 9.53 Å². The van der Waals surface area contributed by atoms with Crippen LogP contribution >= 0.6 is 0 Å². The topological polar surface area (TPSA) is 87.4 Å². The molecule has 1 aromatic carbocycles. The molecule has 5 nitrogen and oxygen atoms in total. The number of rotatable bonds is 4. The average Bonchev–Trinajstić information content (AvgIpc) is 2.45. The first-order chi connectivity index (χ1) is 9.65. The van der Waals surface area contributed by atoms with Crippen molar-refractivity contribution in [2.45, 2.75) is 18.2 Å². The average molecular weight is 301 g/mol. The van der Waals surface area contributed by atoms with E-state index < -0.39 is 30.0 Å². The number of nitriles is 1. The number of hydrogen-bond donors (Lipinski definition) is 1. The summed E-state index contributed by atoms with van der Waals surface area (Å²) in [7, 11) is 0.672. The number of esters is 1. The van der Waals surface area contributed by atoms with E-state index in [1.165, 1.54) is 12.1 Å². The standard InChI is InChI=1S/C13H10F3NO4/c1-21-11(19)12(20,13(14,15)16)6-10(18)9-4-2-8(7-17)3-5-9/h2-5,20H,6H2,1H3/t12-/m1/s1. The first-order valence-corrected chi connectivity index (χ1v) is 5.56. The SMILES string of the molecule is COC(=O)[C@](O)(CC(=O)c1ccc(C#N)cc1)C(F)(F)F. The van der Waals surface area contributed by atoms with Gasteiger partial charge in [0.1, 0.15) is 0 Å². The van der Waals surface area contributed by atoms with E-state index in [1.54, 1.807) is 6.07 Å². The van der Waals surface area contributed by atoms with Crippen molar-refractivity contribution in [2.75, 3.05) is 7.11 Å². The Morgan fingerprint density at radius 3 is 2.19 bits per heavy atom. The maximum absolute atomic E-state index is 12.8. The summed E-state index contributed by atoms with van der Waals surface area (Å²) < 4.78 is 42.3. The largest absolute Gasteiger partial charge is 0.467 e. The van der Waals surface area contributed by atoms with Gasteiger partial charge in [-0.2, -0.15) is 18.4 Å². The lowest BCUT2D eigenvalue weighted by atomic mass is 9.93. The first-order valence-electron chi connectivity index (χ1n) is 5.56. The minimum atomic E-state index is -5.36. The molecule has 0 unspecified atom stereocenters. The number of Topliss-reactive ketones (excluding diaryl/α,β-unsaturated/α-hetero) is 1. The van der Waals surface area contributed by atoms with Crippen LogP contribution in [0.4, 0.5) is 13.2 Å². The van der Waals surface area contributed by atoms with Crippen LogP contribution in [0.5, 0.6) is 0 Å². The third-order valence-electron chi connectivity index (χ3n) is 2.74. The van der Waals surface area contributed by atoms with Crippen molar-refractivity contribution in [2.24, 2.45) is 0 Å². The van der Waals surface area contributed by atoms with Gasteiger partial charge < -0.3 is 9.84 Å². The van der Waals surface area contributed by atoms with Gasteiger partial charge in [-0.05, 0) is 12.1 Å². The van der Waals surface area contributed by atoms with Gasteiger partial charge in [0.2, 0.25) is 0 Å². The Hall–Kier alpha value is -2.40. The van der Waals surface area contributed by atoms with Gasteiger partial charge in [0, 0.05) is 5.56 Å². The van der Waals surface area contributed by atoms with E-state index in [0.717, 1.165) is 12.1 Å². The summed E-state index contributed by atoms with van der Waals surface area (Å²) in [5.41, 5.74) is -3.86. The number of nitrogens with zero attached hydrogens (tertiary/aromatic N) is 1. The quantitative estimate of drug-likeness (QED) is 0.674. The second-order valence-electron chi connectivity index (χ2n) is 4.14. The molecule has 0 heterocycles. The van der Waals surface area contributed by atoms with Crippen molar-refractivity contribution in [1.29, 1.82) is 5.26 Å². The summed E-state index contributed by atoms with van der Waals surface area (Å²) in [5.74, 6) is -3.07. The van der Waals surface area contributed by atoms with E-state index in [1.807, 2.05) is 0 Å². The number of halogens is 3. The van der Waals surface area contributed by atoms with E-state index in [-0.39, 0.29) is 11.1 Å². The molecule has 0 aliphatic rings. The molecule has 21 heavy (non-hydrogen) atoms. The van der Waals surface area contributed by atoms with Crippen LogP contribution in [0.1, 0.15) is 22.3 Å². The van der Waals surface area contributed by atoms with Gasteiger partial charge in [0.15, 0.2) is 5.78 Å². The molecule has 1 rings (SSSR count). The maximum atomic E-state index is 12.8. The Morgan fingerprint density at radius 1 is 1.29 bits per heavy atom. The number of hydrogen-bond acceptors (Lipinski definition) is 5. The predicted molar refractivity (Wildman–Crippen MR) is 63.1 cm³/mol. The third-order valence-corrected chi connectivity index (χ3v) is 2.74. The molecule has 0 fully saturated rings. The molecule has 0 radical (unpaired) electrons. The molecule has 112 valence electrons. The zero-order valence-corrected chi connectivity index (χ0v) is 10.8. The van der Waals surface area contributed by atoms with Crippen molar-refractivity contribution in [3.63, 3.8) is 0 Å². The normalized spacial score (nSPS) is 13.9. The maximum Gasteiger partial charge on any atom is 0.428 e. The van der Waals surface area contributed by atoms with Crippen LogP contribution < -0.4 is 0 Å². The van der Waals surface area contributed by atoms with Gasteiger partial charge >= 0.3 is 12.1 Å². The summed E-state index contributed by atoms with van der Waals surface area (Å²) in [6.07, 6.45) is -6.86. The second-order valence-corrected chi connectivity index (χ2v) is 4.14. The second kappa shape index (κ2) is 5.93. The smallest absolute Gasteiger partial charge is 0.428 e. The van der Waals surface area contributed by atoms with Crippen LogP contribution in [0.3, 0.4) is 0 Å². The van der Waals surface area contributed by atoms with Crippen molar-refractivity contribution in [3.8, 4) is 6.07 Å². The minimum absolute atomic E-state index is 0.166. The summed E-state index contributed by atoms with van der Waals surface area (Å²) in [6.45, 7) is 0. The summed E-state index contributed by atoms with van der Waals surface area (Å²) >= 11 is 0. The highest BCUT2D eigenvalue weighted by Gasteiger charge is 2.61. The van der Waals surface area contributed by atoms with Crippen molar-refractivity contribution >= 4 is 11.8 Å². The molecule has 0 aliphatic carbocycles. The van der Waals surface area contributed by atoms with E-state index in [9.17, 15) is 27.9 Å². The zero-order valence-electron chi connectivity index (χ0n) is 10.8. The number of ether oxygens (including phenoxy) is 1. The third kappa shape index (κ3) is 3.38. The summed E-state index contributed by atoms with van der Waals surface area (Å²) in [5, 5.41) is 18.1. The zero-order chi connectivity index (χ0) is 16.3. The van der Waals surface area contributed by atoms with Gasteiger partial charge in [-0.15, -0.1) is 0 Å². The number of aliphatic hydroxyl groups is 1. The Kier molecular flexibility index (Phi) is 4.70. The lowest BCUT2D eigenvalue weighted by molar-refractivity contribution is -0.260.